The highest BCUT2D eigenvalue weighted by Crippen LogP contribution is 2.44. The number of carbonyl (C=O) groups is 3. The van der Waals surface area contributed by atoms with Gasteiger partial charge in [-0.15, -0.1) is 0 Å². The summed E-state index contributed by atoms with van der Waals surface area (Å²) < 4.78 is 5.24. The van der Waals surface area contributed by atoms with Gasteiger partial charge in [-0.2, -0.15) is 5.06 Å². The Labute approximate surface area is 151 Å². The van der Waals surface area contributed by atoms with Gasteiger partial charge in [0.2, 0.25) is 0 Å². The van der Waals surface area contributed by atoms with E-state index in [1.54, 1.807) is 0 Å². The van der Waals surface area contributed by atoms with Crippen LogP contribution in [0.25, 0.3) is 11.1 Å². The topological polar surface area (TPSA) is 72.9 Å². The fourth-order valence-corrected chi connectivity index (χ4v) is 3.12. The quantitative estimate of drug-likeness (QED) is 0.468. The van der Waals surface area contributed by atoms with Crippen LogP contribution in [0, 0.1) is 0 Å². The number of hydrogen-bond donors (Lipinski definition) is 0. The van der Waals surface area contributed by atoms with E-state index in [-0.39, 0.29) is 25.4 Å². The third-order valence-corrected chi connectivity index (χ3v) is 4.37. The van der Waals surface area contributed by atoms with Crippen molar-refractivity contribution in [2.24, 2.45) is 0 Å². The molecule has 0 radical (unpaired) electrons. The molecule has 0 unspecified atom stereocenters. The molecule has 26 heavy (non-hydrogen) atoms. The van der Waals surface area contributed by atoms with Gasteiger partial charge in [0, 0.05) is 25.8 Å². The summed E-state index contributed by atoms with van der Waals surface area (Å²) in [6, 6.07) is 16.0. The zero-order valence-electron chi connectivity index (χ0n) is 14.4. The number of fused-ring (bicyclic) bond motifs is 3. The van der Waals surface area contributed by atoms with Gasteiger partial charge in [0.1, 0.15) is 12.9 Å². The van der Waals surface area contributed by atoms with Gasteiger partial charge in [0.25, 0.3) is 5.91 Å². The van der Waals surface area contributed by atoms with Crippen molar-refractivity contribution >= 4 is 18.3 Å². The minimum Gasteiger partial charge on any atom is -0.432 e. The van der Waals surface area contributed by atoms with Gasteiger partial charge in [0.15, 0.2) is 0 Å². The third kappa shape index (κ3) is 3.59. The first kappa shape index (κ1) is 17.7. The molecule has 0 aliphatic heterocycles. The van der Waals surface area contributed by atoms with Crippen molar-refractivity contribution in [1.82, 2.24) is 5.06 Å². The summed E-state index contributed by atoms with van der Waals surface area (Å²) in [7, 11) is 1.31. The van der Waals surface area contributed by atoms with E-state index < -0.39 is 12.1 Å². The lowest BCUT2D eigenvalue weighted by atomic mass is 9.98. The van der Waals surface area contributed by atoms with E-state index in [1.807, 2.05) is 48.5 Å². The molecular formula is C20H19NO5. The van der Waals surface area contributed by atoms with E-state index in [2.05, 4.69) is 0 Å². The van der Waals surface area contributed by atoms with E-state index in [9.17, 15) is 14.4 Å². The van der Waals surface area contributed by atoms with Crippen LogP contribution in [-0.4, -0.2) is 37.1 Å². The molecule has 0 N–H and O–H groups in total. The number of hydroxylamine groups is 2. The average molecular weight is 353 g/mol. The minimum absolute atomic E-state index is 0.0172. The summed E-state index contributed by atoms with van der Waals surface area (Å²) in [6.07, 6.45) is -0.249. The summed E-state index contributed by atoms with van der Waals surface area (Å²) >= 11 is 0. The molecule has 0 saturated heterocycles. The van der Waals surface area contributed by atoms with Gasteiger partial charge in [-0.05, 0) is 22.3 Å². The number of rotatable bonds is 5. The van der Waals surface area contributed by atoms with Gasteiger partial charge < -0.3 is 14.4 Å². The molecule has 134 valence electrons. The number of hydrogen-bond acceptors (Lipinski definition) is 5. The summed E-state index contributed by atoms with van der Waals surface area (Å²) in [5, 5.41) is 0.794. The van der Waals surface area contributed by atoms with E-state index in [0.29, 0.717) is 6.29 Å². The molecule has 0 saturated carbocycles. The van der Waals surface area contributed by atoms with Crippen molar-refractivity contribution < 1.29 is 24.0 Å². The van der Waals surface area contributed by atoms with Crippen LogP contribution in [0.1, 0.15) is 29.9 Å². The zero-order valence-corrected chi connectivity index (χ0v) is 14.4. The Bertz CT molecular complexity index is 787. The Balaban J connectivity index is 1.64. The molecule has 0 spiro atoms. The number of carbonyl (C=O) groups excluding carboxylic acids is 3. The molecular weight excluding hydrogens is 334 g/mol. The lowest BCUT2D eigenvalue weighted by Gasteiger charge is -2.17. The second-order valence-corrected chi connectivity index (χ2v) is 5.98. The van der Waals surface area contributed by atoms with Crippen molar-refractivity contribution in [3.05, 3.63) is 59.7 Å². The van der Waals surface area contributed by atoms with E-state index in [0.717, 1.165) is 27.3 Å². The van der Waals surface area contributed by atoms with Crippen molar-refractivity contribution in [3.63, 3.8) is 0 Å². The zero-order chi connectivity index (χ0) is 18.5. The number of ether oxygens (including phenoxy) is 1. The lowest BCUT2D eigenvalue weighted by Crippen LogP contribution is -2.30. The van der Waals surface area contributed by atoms with Crippen LogP contribution in [0.2, 0.25) is 0 Å². The predicted molar refractivity (Wildman–Crippen MR) is 94.2 cm³/mol. The molecule has 6 heteroatoms. The van der Waals surface area contributed by atoms with Crippen LogP contribution in [0.4, 0.5) is 4.79 Å². The molecule has 0 aromatic heterocycles. The van der Waals surface area contributed by atoms with Crippen molar-refractivity contribution in [2.75, 3.05) is 13.7 Å². The second-order valence-electron chi connectivity index (χ2n) is 5.98. The molecule has 3 rings (SSSR count). The highest BCUT2D eigenvalue weighted by Gasteiger charge is 2.29. The first-order valence-corrected chi connectivity index (χ1v) is 8.35. The van der Waals surface area contributed by atoms with Crippen LogP contribution in [-0.2, 0) is 19.2 Å². The van der Waals surface area contributed by atoms with Crippen LogP contribution >= 0.6 is 0 Å². The fourth-order valence-electron chi connectivity index (χ4n) is 3.12. The van der Waals surface area contributed by atoms with Crippen LogP contribution in [0.5, 0.6) is 0 Å². The average Bonchev–Trinajstić information content (AvgIpc) is 2.98. The monoisotopic (exact) mass is 353 g/mol. The van der Waals surface area contributed by atoms with Crippen molar-refractivity contribution in [3.8, 4) is 11.1 Å². The summed E-state index contributed by atoms with van der Waals surface area (Å²) in [6.45, 7) is 0.114. The second kappa shape index (κ2) is 7.82. The van der Waals surface area contributed by atoms with E-state index >= 15 is 0 Å². The standard InChI is InChI=1S/C20H19NO5/c1-21(19(23)11-6-12-22)26-20(24)25-13-18-16-9-4-2-7-14(16)15-8-3-5-10-17(15)18/h2-5,7-10,12,18H,6,11,13H2,1H3. The van der Waals surface area contributed by atoms with Gasteiger partial charge in [-0.3, -0.25) is 4.79 Å². The minimum atomic E-state index is -0.950. The molecule has 2 aromatic rings. The Kier molecular flexibility index (Phi) is 5.31. The predicted octanol–water partition coefficient (Wildman–Crippen LogP) is 3.30. The molecule has 0 atom stereocenters. The molecule has 2 aromatic carbocycles. The Morgan fingerprint density at radius 2 is 1.62 bits per heavy atom. The van der Waals surface area contributed by atoms with Crippen molar-refractivity contribution in [1.29, 1.82) is 0 Å². The maximum atomic E-state index is 11.9. The first-order valence-electron chi connectivity index (χ1n) is 8.35. The van der Waals surface area contributed by atoms with Gasteiger partial charge in [0.05, 0.1) is 0 Å². The Morgan fingerprint density at radius 3 is 2.19 bits per heavy atom. The molecule has 0 heterocycles. The summed E-state index contributed by atoms with van der Waals surface area (Å²) in [5.41, 5.74) is 4.45. The normalized spacial score (nSPS) is 12.0. The molecule has 6 nitrogen and oxygen atoms in total. The molecule has 1 aliphatic rings. The molecule has 0 fully saturated rings. The SMILES string of the molecule is CN(OC(=O)OCC1c2ccccc2-c2ccccc21)C(=O)CCC=O. The van der Waals surface area contributed by atoms with Gasteiger partial charge in [-0.25, -0.2) is 4.79 Å². The Morgan fingerprint density at radius 1 is 1.04 bits per heavy atom. The summed E-state index contributed by atoms with van der Waals surface area (Å²) in [5.74, 6) is -0.545. The van der Waals surface area contributed by atoms with Crippen LogP contribution in [0.15, 0.2) is 48.5 Å². The third-order valence-electron chi connectivity index (χ3n) is 4.37. The van der Waals surface area contributed by atoms with Gasteiger partial charge in [-0.1, -0.05) is 48.5 Å². The maximum absolute atomic E-state index is 11.9. The van der Waals surface area contributed by atoms with Crippen LogP contribution in [0.3, 0.4) is 0 Å². The van der Waals surface area contributed by atoms with Crippen LogP contribution < -0.4 is 0 Å². The molecule has 0 bridgehead atoms. The number of amides is 1. The van der Waals surface area contributed by atoms with E-state index in [1.165, 1.54) is 7.05 Å². The number of nitrogens with zero attached hydrogens (tertiary/aromatic N) is 1. The fraction of sp³-hybridized carbons (Fsp3) is 0.250. The lowest BCUT2D eigenvalue weighted by molar-refractivity contribution is -0.166. The maximum Gasteiger partial charge on any atom is 0.533 e. The largest absolute Gasteiger partial charge is 0.533 e. The molecule has 1 amide bonds. The highest BCUT2D eigenvalue weighted by atomic mass is 16.8. The molecule has 1 aliphatic carbocycles. The highest BCUT2D eigenvalue weighted by molar-refractivity contribution is 5.79. The van der Waals surface area contributed by atoms with E-state index in [4.69, 9.17) is 9.57 Å². The Hall–Kier alpha value is -3.15. The van der Waals surface area contributed by atoms with Crippen molar-refractivity contribution in [2.45, 2.75) is 18.8 Å². The van der Waals surface area contributed by atoms with Gasteiger partial charge >= 0.3 is 6.16 Å². The number of benzene rings is 2. The summed E-state index contributed by atoms with van der Waals surface area (Å²) in [4.78, 5) is 38.7. The number of aldehydes is 1. The smallest absolute Gasteiger partial charge is 0.432 e. The first-order chi connectivity index (χ1) is 12.6.